The van der Waals surface area contributed by atoms with Gasteiger partial charge in [-0.3, -0.25) is 0 Å². The largest absolute Gasteiger partial charge is 0.356 e. The topological polar surface area (TPSA) is 29.0 Å². The molecule has 90 valence electrons. The van der Waals surface area contributed by atoms with Crippen molar-refractivity contribution in [2.45, 2.75) is 39.0 Å². The molecule has 3 rings (SSSR count). The molecule has 1 aliphatic carbocycles. The summed E-state index contributed by atoms with van der Waals surface area (Å²) in [5, 5.41) is 0. The third-order valence-electron chi connectivity index (χ3n) is 3.62. The van der Waals surface area contributed by atoms with Gasteiger partial charge in [-0.2, -0.15) is 0 Å². The first-order chi connectivity index (χ1) is 8.38. The Morgan fingerprint density at radius 3 is 2.76 bits per heavy atom. The van der Waals surface area contributed by atoms with Crippen molar-refractivity contribution in [3.8, 4) is 0 Å². The molecule has 0 aromatic carbocycles. The van der Waals surface area contributed by atoms with Gasteiger partial charge >= 0.3 is 0 Å². The summed E-state index contributed by atoms with van der Waals surface area (Å²) in [6, 6.07) is 0. The van der Waals surface area contributed by atoms with E-state index in [9.17, 15) is 0 Å². The van der Waals surface area contributed by atoms with Gasteiger partial charge in [0, 0.05) is 31.5 Å². The van der Waals surface area contributed by atoms with E-state index in [1.165, 1.54) is 36.3 Å². The Morgan fingerprint density at radius 2 is 2.00 bits per heavy atom. The summed E-state index contributed by atoms with van der Waals surface area (Å²) in [5.41, 5.74) is 2.49. The van der Waals surface area contributed by atoms with Gasteiger partial charge < -0.3 is 4.90 Å². The summed E-state index contributed by atoms with van der Waals surface area (Å²) in [5.74, 6) is 2.17. The van der Waals surface area contributed by atoms with E-state index in [4.69, 9.17) is 4.98 Å². The van der Waals surface area contributed by atoms with Gasteiger partial charge in [0.25, 0.3) is 0 Å². The summed E-state index contributed by atoms with van der Waals surface area (Å²) >= 11 is 0. The molecular weight excluding hydrogens is 210 g/mol. The van der Waals surface area contributed by atoms with E-state index in [1.54, 1.807) is 0 Å². The molecule has 1 saturated heterocycles. The van der Waals surface area contributed by atoms with Crippen molar-refractivity contribution in [3.05, 3.63) is 23.2 Å². The van der Waals surface area contributed by atoms with Crippen LogP contribution in [0.25, 0.3) is 6.08 Å². The van der Waals surface area contributed by atoms with Crippen LogP contribution in [0, 0.1) is 0 Å². The molecule has 3 heteroatoms. The molecule has 0 amide bonds. The van der Waals surface area contributed by atoms with Crippen molar-refractivity contribution >= 4 is 11.9 Å². The number of hydrogen-bond donors (Lipinski definition) is 0. The predicted molar refractivity (Wildman–Crippen MR) is 70.2 cm³/mol. The molecule has 1 aromatic rings. The van der Waals surface area contributed by atoms with E-state index >= 15 is 0 Å². The molecule has 0 unspecified atom stereocenters. The maximum atomic E-state index is 4.75. The summed E-state index contributed by atoms with van der Waals surface area (Å²) in [4.78, 5) is 11.8. The van der Waals surface area contributed by atoms with E-state index < -0.39 is 0 Å². The molecule has 0 N–H and O–H groups in total. The van der Waals surface area contributed by atoms with Crippen molar-refractivity contribution < 1.29 is 0 Å². The molecule has 0 radical (unpaired) electrons. The zero-order chi connectivity index (χ0) is 11.7. The van der Waals surface area contributed by atoms with Crippen molar-refractivity contribution in [1.82, 2.24) is 9.97 Å². The SMILES string of the molecule is CCc1nc2c(c(N3CCCCC3)n1)C=CC2. The number of nitrogens with zero attached hydrogens (tertiary/aromatic N) is 3. The van der Waals surface area contributed by atoms with Crippen LogP contribution >= 0.6 is 0 Å². The quantitative estimate of drug-likeness (QED) is 0.780. The van der Waals surface area contributed by atoms with Crippen LogP contribution in [0.5, 0.6) is 0 Å². The van der Waals surface area contributed by atoms with Gasteiger partial charge in [0.2, 0.25) is 0 Å². The van der Waals surface area contributed by atoms with Gasteiger partial charge in [-0.1, -0.05) is 19.1 Å². The van der Waals surface area contributed by atoms with Crippen molar-refractivity contribution in [1.29, 1.82) is 0 Å². The fraction of sp³-hybridized carbons (Fsp3) is 0.571. The van der Waals surface area contributed by atoms with Crippen molar-refractivity contribution in [2.24, 2.45) is 0 Å². The molecule has 1 fully saturated rings. The Bertz CT molecular complexity index is 445. The number of rotatable bonds is 2. The van der Waals surface area contributed by atoms with Crippen LogP contribution in [0.4, 0.5) is 5.82 Å². The number of aromatic nitrogens is 2. The summed E-state index contributed by atoms with van der Waals surface area (Å²) in [7, 11) is 0. The Labute approximate surface area is 103 Å². The van der Waals surface area contributed by atoms with Gasteiger partial charge in [0.05, 0.1) is 5.69 Å². The van der Waals surface area contributed by atoms with E-state index in [1.807, 2.05) is 0 Å². The summed E-state index contributed by atoms with van der Waals surface area (Å²) in [6.07, 6.45) is 10.2. The van der Waals surface area contributed by atoms with Gasteiger partial charge in [-0.25, -0.2) is 9.97 Å². The highest BCUT2D eigenvalue weighted by atomic mass is 15.2. The molecule has 0 bridgehead atoms. The maximum absolute atomic E-state index is 4.75. The smallest absolute Gasteiger partial charge is 0.139 e. The lowest BCUT2D eigenvalue weighted by Gasteiger charge is -2.29. The van der Waals surface area contributed by atoms with Gasteiger partial charge in [0.15, 0.2) is 0 Å². The highest BCUT2D eigenvalue weighted by Crippen LogP contribution is 2.29. The molecule has 0 saturated carbocycles. The highest BCUT2D eigenvalue weighted by molar-refractivity contribution is 5.69. The number of anilines is 1. The molecule has 1 aliphatic heterocycles. The fourth-order valence-electron chi connectivity index (χ4n) is 2.67. The molecule has 2 heterocycles. The molecule has 0 spiro atoms. The molecular formula is C14H19N3. The number of fused-ring (bicyclic) bond motifs is 1. The second-order valence-electron chi connectivity index (χ2n) is 4.83. The Morgan fingerprint density at radius 1 is 1.18 bits per heavy atom. The van der Waals surface area contributed by atoms with Crippen LogP contribution in [0.15, 0.2) is 6.08 Å². The van der Waals surface area contributed by atoms with E-state index in [0.717, 1.165) is 31.8 Å². The normalized spacial score (nSPS) is 18.5. The van der Waals surface area contributed by atoms with Crippen LogP contribution in [0.1, 0.15) is 43.3 Å². The van der Waals surface area contributed by atoms with E-state index in [2.05, 4.69) is 29.0 Å². The highest BCUT2D eigenvalue weighted by Gasteiger charge is 2.20. The zero-order valence-electron chi connectivity index (χ0n) is 10.4. The maximum Gasteiger partial charge on any atom is 0.139 e. The van der Waals surface area contributed by atoms with Crippen molar-refractivity contribution in [3.63, 3.8) is 0 Å². The second kappa shape index (κ2) is 4.47. The average molecular weight is 229 g/mol. The first kappa shape index (κ1) is 10.8. The van der Waals surface area contributed by atoms with Crippen LogP contribution in [-0.4, -0.2) is 23.1 Å². The van der Waals surface area contributed by atoms with Crippen LogP contribution < -0.4 is 4.90 Å². The molecule has 2 aliphatic rings. The lowest BCUT2D eigenvalue weighted by molar-refractivity contribution is 0.571. The van der Waals surface area contributed by atoms with Gasteiger partial charge in [-0.05, 0) is 19.3 Å². The standard InChI is InChI=1S/C14H19N3/c1-2-13-15-12-8-6-7-11(12)14(16-13)17-9-4-3-5-10-17/h6-7H,2-5,8-10H2,1H3. The Hall–Kier alpha value is -1.38. The Kier molecular flexibility index (Phi) is 2.83. The lowest BCUT2D eigenvalue weighted by atomic mass is 10.1. The minimum Gasteiger partial charge on any atom is -0.356 e. The predicted octanol–water partition coefficient (Wildman–Crippen LogP) is 2.60. The molecule has 17 heavy (non-hydrogen) atoms. The fourth-order valence-corrected chi connectivity index (χ4v) is 2.67. The lowest BCUT2D eigenvalue weighted by Crippen LogP contribution is -2.31. The van der Waals surface area contributed by atoms with Crippen LogP contribution in [0.2, 0.25) is 0 Å². The number of aryl methyl sites for hydroxylation is 1. The second-order valence-corrected chi connectivity index (χ2v) is 4.83. The number of allylic oxidation sites excluding steroid dienone is 1. The monoisotopic (exact) mass is 229 g/mol. The summed E-state index contributed by atoms with van der Waals surface area (Å²) in [6.45, 7) is 4.44. The minimum atomic E-state index is 0.925. The first-order valence-corrected chi connectivity index (χ1v) is 6.69. The van der Waals surface area contributed by atoms with Crippen LogP contribution in [0.3, 0.4) is 0 Å². The minimum absolute atomic E-state index is 0.925. The molecule has 0 atom stereocenters. The zero-order valence-corrected chi connectivity index (χ0v) is 10.4. The number of piperidine rings is 1. The molecule has 3 nitrogen and oxygen atoms in total. The third kappa shape index (κ3) is 1.94. The van der Waals surface area contributed by atoms with Crippen LogP contribution in [-0.2, 0) is 12.8 Å². The summed E-state index contributed by atoms with van der Waals surface area (Å²) < 4.78 is 0. The molecule has 1 aromatic heterocycles. The first-order valence-electron chi connectivity index (χ1n) is 6.69. The van der Waals surface area contributed by atoms with E-state index in [0.29, 0.717) is 0 Å². The van der Waals surface area contributed by atoms with E-state index in [-0.39, 0.29) is 0 Å². The average Bonchev–Trinajstić information content (AvgIpc) is 2.86. The van der Waals surface area contributed by atoms with Crippen molar-refractivity contribution in [2.75, 3.05) is 18.0 Å². The number of hydrogen-bond acceptors (Lipinski definition) is 3. The Balaban J connectivity index is 2.01. The van der Waals surface area contributed by atoms with Gasteiger partial charge in [0.1, 0.15) is 11.6 Å². The third-order valence-corrected chi connectivity index (χ3v) is 3.62. The van der Waals surface area contributed by atoms with Gasteiger partial charge in [-0.15, -0.1) is 0 Å².